The van der Waals surface area contributed by atoms with E-state index in [0.717, 1.165) is 19.3 Å². The molecule has 0 aromatic heterocycles. The van der Waals surface area contributed by atoms with Crippen molar-refractivity contribution in [3.8, 4) is 5.75 Å². The fourth-order valence-corrected chi connectivity index (χ4v) is 2.49. The number of rotatable bonds is 3. The van der Waals surface area contributed by atoms with E-state index < -0.39 is 0 Å². The van der Waals surface area contributed by atoms with Gasteiger partial charge in [-0.25, -0.2) is 0 Å². The van der Waals surface area contributed by atoms with Crippen molar-refractivity contribution in [3.05, 3.63) is 29.3 Å². The highest BCUT2D eigenvalue weighted by Crippen LogP contribution is 2.43. The SMILES string of the molecule is CCCC1(CC)OCc2ccc(O)cc21. The summed E-state index contributed by atoms with van der Waals surface area (Å²) < 4.78 is 5.94. The van der Waals surface area contributed by atoms with E-state index in [2.05, 4.69) is 13.8 Å². The third kappa shape index (κ3) is 1.63. The second-order valence-electron chi connectivity index (χ2n) is 4.23. The lowest BCUT2D eigenvalue weighted by molar-refractivity contribution is -0.0479. The number of phenolic OH excluding ortho intramolecular Hbond substituents is 1. The molecule has 1 heterocycles. The van der Waals surface area contributed by atoms with Crippen LogP contribution in [0.1, 0.15) is 44.2 Å². The molecule has 0 spiro atoms. The molecular formula is C13H18O2. The maximum Gasteiger partial charge on any atom is 0.115 e. The van der Waals surface area contributed by atoms with E-state index in [4.69, 9.17) is 4.74 Å². The molecule has 0 radical (unpaired) electrons. The normalized spacial score (nSPS) is 24.1. The van der Waals surface area contributed by atoms with Crippen molar-refractivity contribution in [2.75, 3.05) is 0 Å². The standard InChI is InChI=1S/C13H18O2/c1-3-7-13(4-2)12-8-11(14)6-5-10(12)9-15-13/h5-6,8,14H,3-4,7,9H2,1-2H3. The Kier molecular flexibility index (Phi) is 2.70. The zero-order valence-corrected chi connectivity index (χ0v) is 9.42. The second-order valence-corrected chi connectivity index (χ2v) is 4.23. The predicted molar refractivity (Wildman–Crippen MR) is 59.8 cm³/mol. The number of benzene rings is 1. The molecule has 2 nitrogen and oxygen atoms in total. The smallest absolute Gasteiger partial charge is 0.115 e. The van der Waals surface area contributed by atoms with Crippen LogP contribution in [0.25, 0.3) is 0 Å². The zero-order valence-electron chi connectivity index (χ0n) is 9.42. The van der Waals surface area contributed by atoms with Gasteiger partial charge in [-0.3, -0.25) is 0 Å². The molecular weight excluding hydrogens is 188 g/mol. The largest absolute Gasteiger partial charge is 0.508 e. The zero-order chi connectivity index (χ0) is 10.9. The van der Waals surface area contributed by atoms with Crippen LogP contribution < -0.4 is 0 Å². The fraction of sp³-hybridized carbons (Fsp3) is 0.538. The van der Waals surface area contributed by atoms with Crippen LogP contribution in [0.4, 0.5) is 0 Å². The maximum absolute atomic E-state index is 9.54. The molecule has 1 unspecified atom stereocenters. The molecule has 15 heavy (non-hydrogen) atoms. The summed E-state index contributed by atoms with van der Waals surface area (Å²) in [6.45, 7) is 5.00. The maximum atomic E-state index is 9.54. The lowest BCUT2D eigenvalue weighted by atomic mass is 9.86. The van der Waals surface area contributed by atoms with Gasteiger partial charge < -0.3 is 9.84 Å². The van der Waals surface area contributed by atoms with Crippen molar-refractivity contribution in [2.45, 2.75) is 45.3 Å². The molecule has 1 N–H and O–H groups in total. The summed E-state index contributed by atoms with van der Waals surface area (Å²) in [5.74, 6) is 0.341. The van der Waals surface area contributed by atoms with Crippen LogP contribution in [-0.2, 0) is 16.9 Å². The minimum absolute atomic E-state index is 0.150. The van der Waals surface area contributed by atoms with Crippen molar-refractivity contribution in [1.29, 1.82) is 0 Å². The average Bonchev–Trinajstić information content (AvgIpc) is 2.58. The highest BCUT2D eigenvalue weighted by atomic mass is 16.5. The van der Waals surface area contributed by atoms with Crippen molar-refractivity contribution in [1.82, 2.24) is 0 Å². The summed E-state index contributed by atoms with van der Waals surface area (Å²) >= 11 is 0. The number of phenols is 1. The Morgan fingerprint density at radius 3 is 2.87 bits per heavy atom. The van der Waals surface area contributed by atoms with Crippen molar-refractivity contribution in [2.24, 2.45) is 0 Å². The molecule has 1 aliphatic heterocycles. The van der Waals surface area contributed by atoms with Gasteiger partial charge in [0.05, 0.1) is 12.2 Å². The molecule has 0 saturated carbocycles. The monoisotopic (exact) mass is 206 g/mol. The topological polar surface area (TPSA) is 29.5 Å². The molecule has 2 rings (SSSR count). The van der Waals surface area contributed by atoms with E-state index in [1.807, 2.05) is 12.1 Å². The van der Waals surface area contributed by atoms with Gasteiger partial charge in [-0.1, -0.05) is 26.3 Å². The van der Waals surface area contributed by atoms with E-state index in [0.29, 0.717) is 12.4 Å². The third-order valence-electron chi connectivity index (χ3n) is 3.31. The van der Waals surface area contributed by atoms with E-state index in [9.17, 15) is 5.11 Å². The van der Waals surface area contributed by atoms with Gasteiger partial charge in [-0.2, -0.15) is 0 Å². The Balaban J connectivity index is 2.44. The van der Waals surface area contributed by atoms with Crippen LogP contribution in [0.3, 0.4) is 0 Å². The van der Waals surface area contributed by atoms with Crippen molar-refractivity contribution >= 4 is 0 Å². The van der Waals surface area contributed by atoms with E-state index in [1.54, 1.807) is 6.07 Å². The number of hydrogen-bond acceptors (Lipinski definition) is 2. The summed E-state index contributed by atoms with van der Waals surface area (Å²) in [5.41, 5.74) is 2.26. The predicted octanol–water partition coefficient (Wildman–Crippen LogP) is 3.33. The lowest BCUT2D eigenvalue weighted by Gasteiger charge is -2.28. The Morgan fingerprint density at radius 2 is 2.20 bits per heavy atom. The molecule has 2 heteroatoms. The Bertz CT molecular complexity index is 356. The minimum atomic E-state index is -0.150. The van der Waals surface area contributed by atoms with Gasteiger partial charge >= 0.3 is 0 Å². The summed E-state index contributed by atoms with van der Waals surface area (Å²) in [4.78, 5) is 0. The fourth-order valence-electron chi connectivity index (χ4n) is 2.49. The summed E-state index contributed by atoms with van der Waals surface area (Å²) in [6, 6.07) is 5.57. The first kappa shape index (κ1) is 10.5. The van der Waals surface area contributed by atoms with E-state index in [-0.39, 0.29) is 5.60 Å². The minimum Gasteiger partial charge on any atom is -0.508 e. The number of ether oxygens (including phenoxy) is 1. The molecule has 1 aliphatic rings. The third-order valence-corrected chi connectivity index (χ3v) is 3.31. The molecule has 0 bridgehead atoms. The summed E-state index contributed by atoms with van der Waals surface area (Å²) in [7, 11) is 0. The van der Waals surface area contributed by atoms with Crippen LogP contribution in [-0.4, -0.2) is 5.11 Å². The van der Waals surface area contributed by atoms with Crippen LogP contribution in [0.15, 0.2) is 18.2 Å². The van der Waals surface area contributed by atoms with Gasteiger partial charge in [0.1, 0.15) is 5.75 Å². The number of aromatic hydroxyl groups is 1. The Hall–Kier alpha value is -1.02. The lowest BCUT2D eigenvalue weighted by Crippen LogP contribution is -2.23. The quantitative estimate of drug-likeness (QED) is 0.822. The van der Waals surface area contributed by atoms with Crippen LogP contribution in [0, 0.1) is 0 Å². The van der Waals surface area contributed by atoms with Gasteiger partial charge in [0.25, 0.3) is 0 Å². The number of fused-ring (bicyclic) bond motifs is 1. The van der Waals surface area contributed by atoms with Crippen LogP contribution in [0.5, 0.6) is 5.75 Å². The molecule has 1 aromatic rings. The second kappa shape index (κ2) is 3.86. The van der Waals surface area contributed by atoms with E-state index in [1.165, 1.54) is 11.1 Å². The molecule has 0 saturated heterocycles. The molecule has 82 valence electrons. The summed E-state index contributed by atoms with van der Waals surface area (Å²) in [6.07, 6.45) is 3.10. The summed E-state index contributed by atoms with van der Waals surface area (Å²) in [5, 5.41) is 9.54. The first-order valence-corrected chi connectivity index (χ1v) is 5.68. The van der Waals surface area contributed by atoms with Crippen LogP contribution in [0.2, 0.25) is 0 Å². The molecule has 1 aromatic carbocycles. The van der Waals surface area contributed by atoms with Gasteiger partial charge in [0.2, 0.25) is 0 Å². The van der Waals surface area contributed by atoms with Gasteiger partial charge in [-0.15, -0.1) is 0 Å². The molecule has 1 atom stereocenters. The Labute approximate surface area is 90.9 Å². The first-order chi connectivity index (χ1) is 7.22. The van der Waals surface area contributed by atoms with Gasteiger partial charge in [0, 0.05) is 0 Å². The highest BCUT2D eigenvalue weighted by molar-refractivity contribution is 5.40. The van der Waals surface area contributed by atoms with Gasteiger partial charge in [0.15, 0.2) is 0 Å². The van der Waals surface area contributed by atoms with Gasteiger partial charge in [-0.05, 0) is 36.1 Å². The first-order valence-electron chi connectivity index (χ1n) is 5.68. The van der Waals surface area contributed by atoms with Crippen molar-refractivity contribution < 1.29 is 9.84 Å². The average molecular weight is 206 g/mol. The molecule has 0 fully saturated rings. The number of hydrogen-bond donors (Lipinski definition) is 1. The Morgan fingerprint density at radius 1 is 1.40 bits per heavy atom. The molecule has 0 aliphatic carbocycles. The van der Waals surface area contributed by atoms with Crippen LogP contribution >= 0.6 is 0 Å². The highest BCUT2D eigenvalue weighted by Gasteiger charge is 2.37. The molecule has 0 amide bonds. The van der Waals surface area contributed by atoms with E-state index >= 15 is 0 Å². The van der Waals surface area contributed by atoms with Crippen molar-refractivity contribution in [3.63, 3.8) is 0 Å².